The summed E-state index contributed by atoms with van der Waals surface area (Å²) in [5.74, 6) is -2.35. The van der Waals surface area contributed by atoms with Gasteiger partial charge in [-0.1, -0.05) is 17.2 Å². The summed E-state index contributed by atoms with van der Waals surface area (Å²) in [6.45, 7) is 3.46. The van der Waals surface area contributed by atoms with E-state index in [-0.39, 0.29) is 12.5 Å². The van der Waals surface area contributed by atoms with Gasteiger partial charge in [0.2, 0.25) is 0 Å². The third kappa shape index (κ3) is 3.90. The highest BCUT2D eigenvalue weighted by molar-refractivity contribution is 5.96. The largest absolute Gasteiger partial charge is 0.456 e. The number of fused-ring (bicyclic) bond motifs is 1. The lowest BCUT2D eigenvalue weighted by Crippen LogP contribution is -2.31. The molecular formula is C20H19F2NO3. The molecule has 0 aromatic heterocycles. The second-order valence-electron chi connectivity index (χ2n) is 6.53. The smallest absolute Gasteiger partial charge is 0.326 e. The van der Waals surface area contributed by atoms with Gasteiger partial charge in [-0.25, -0.2) is 8.78 Å². The van der Waals surface area contributed by atoms with E-state index in [9.17, 15) is 18.4 Å². The number of amides is 1. The molecule has 4 nitrogen and oxygen atoms in total. The van der Waals surface area contributed by atoms with Crippen LogP contribution < -0.4 is 5.32 Å². The first-order chi connectivity index (χ1) is 12.3. The zero-order valence-corrected chi connectivity index (χ0v) is 14.6. The van der Waals surface area contributed by atoms with Crippen LogP contribution in [0.4, 0.5) is 8.78 Å². The topological polar surface area (TPSA) is 55.4 Å². The lowest BCUT2D eigenvalue weighted by molar-refractivity contribution is -0.148. The molecule has 2 aromatic carbocycles. The van der Waals surface area contributed by atoms with Gasteiger partial charge >= 0.3 is 5.97 Å². The summed E-state index contributed by atoms with van der Waals surface area (Å²) in [4.78, 5) is 24.2. The molecule has 26 heavy (non-hydrogen) atoms. The molecule has 6 heteroatoms. The quantitative estimate of drug-likeness (QED) is 0.850. The molecule has 1 aliphatic rings. The van der Waals surface area contributed by atoms with E-state index < -0.39 is 23.7 Å². The van der Waals surface area contributed by atoms with Gasteiger partial charge in [0.1, 0.15) is 24.3 Å². The van der Waals surface area contributed by atoms with Gasteiger partial charge in [-0.2, -0.15) is 0 Å². The molecule has 2 aromatic rings. The first-order valence-corrected chi connectivity index (χ1v) is 8.37. The Hall–Kier alpha value is -2.76. The Labute approximate surface area is 150 Å². The number of esters is 1. The fourth-order valence-corrected chi connectivity index (χ4v) is 3.29. The Balaban J connectivity index is 1.60. The van der Waals surface area contributed by atoms with Gasteiger partial charge in [-0.3, -0.25) is 9.59 Å². The van der Waals surface area contributed by atoms with Crippen LogP contribution in [-0.4, -0.2) is 18.4 Å². The Kier molecular flexibility index (Phi) is 5.02. The minimum Gasteiger partial charge on any atom is -0.456 e. The molecule has 0 spiro atoms. The number of nitrogens with one attached hydrogen (secondary N) is 1. The highest BCUT2D eigenvalue weighted by Crippen LogP contribution is 2.36. The lowest BCUT2D eigenvalue weighted by atomic mass is 10.1. The van der Waals surface area contributed by atoms with Crippen molar-refractivity contribution in [2.24, 2.45) is 0 Å². The van der Waals surface area contributed by atoms with Crippen molar-refractivity contribution < 1.29 is 23.1 Å². The molecule has 136 valence electrons. The summed E-state index contributed by atoms with van der Waals surface area (Å²) in [5, 5.41) is 2.51. The summed E-state index contributed by atoms with van der Waals surface area (Å²) in [6.07, 6.45) is 0.0849. The number of hydrogen-bond donors (Lipinski definition) is 1. The number of hydrogen-bond acceptors (Lipinski definition) is 3. The first-order valence-electron chi connectivity index (χ1n) is 8.37. The number of halogens is 2. The minimum absolute atomic E-state index is 0.310. The van der Waals surface area contributed by atoms with E-state index in [2.05, 4.69) is 5.32 Å². The Morgan fingerprint density at radius 2 is 1.81 bits per heavy atom. The SMILES string of the molecule is Cc1cc(C)cc(C(=O)NCC(=O)O[C@H]2CCc3c(F)cc(F)cc32)c1. The molecule has 0 fully saturated rings. The monoisotopic (exact) mass is 359 g/mol. The second-order valence-corrected chi connectivity index (χ2v) is 6.53. The molecule has 0 heterocycles. The lowest BCUT2D eigenvalue weighted by Gasteiger charge is -2.14. The fourth-order valence-electron chi connectivity index (χ4n) is 3.29. The van der Waals surface area contributed by atoms with Crippen molar-refractivity contribution in [1.82, 2.24) is 5.32 Å². The maximum absolute atomic E-state index is 13.7. The van der Waals surface area contributed by atoms with Crippen LogP contribution in [0.3, 0.4) is 0 Å². The maximum Gasteiger partial charge on any atom is 0.326 e. The number of aryl methyl sites for hydroxylation is 2. The van der Waals surface area contributed by atoms with Gasteiger partial charge in [0, 0.05) is 17.2 Å². The Bertz CT molecular complexity index is 859. The van der Waals surface area contributed by atoms with E-state index in [0.717, 1.165) is 17.2 Å². The fraction of sp³-hybridized carbons (Fsp3) is 0.300. The molecule has 1 atom stereocenters. The van der Waals surface area contributed by atoms with E-state index in [1.807, 2.05) is 19.9 Å². The number of benzene rings is 2. The first kappa shape index (κ1) is 18.0. The van der Waals surface area contributed by atoms with E-state index in [4.69, 9.17) is 4.74 Å². The van der Waals surface area contributed by atoms with Crippen LogP contribution in [0.1, 0.15) is 45.1 Å². The average Bonchev–Trinajstić information content (AvgIpc) is 2.94. The van der Waals surface area contributed by atoms with Crippen molar-refractivity contribution in [1.29, 1.82) is 0 Å². The predicted octanol–water partition coefficient (Wildman–Crippen LogP) is 3.54. The van der Waals surface area contributed by atoms with Crippen LogP contribution in [0, 0.1) is 25.5 Å². The van der Waals surface area contributed by atoms with Crippen molar-refractivity contribution in [3.8, 4) is 0 Å². The second kappa shape index (κ2) is 7.23. The van der Waals surface area contributed by atoms with Crippen LogP contribution in [0.5, 0.6) is 0 Å². The Morgan fingerprint density at radius 1 is 1.12 bits per heavy atom. The molecule has 1 aliphatic carbocycles. The van der Waals surface area contributed by atoms with Crippen molar-refractivity contribution in [2.45, 2.75) is 32.8 Å². The van der Waals surface area contributed by atoms with E-state index >= 15 is 0 Å². The number of carbonyl (C=O) groups excluding carboxylic acids is 2. The van der Waals surface area contributed by atoms with Crippen LogP contribution >= 0.6 is 0 Å². The van der Waals surface area contributed by atoms with Crippen LogP contribution in [0.15, 0.2) is 30.3 Å². The highest BCUT2D eigenvalue weighted by atomic mass is 19.1. The molecule has 0 saturated heterocycles. The highest BCUT2D eigenvalue weighted by Gasteiger charge is 2.29. The number of ether oxygens (including phenoxy) is 1. The molecule has 3 rings (SSSR count). The standard InChI is InChI=1S/C20H19F2NO3/c1-11-5-12(2)7-13(6-11)20(25)23-10-19(24)26-18-4-3-15-16(18)8-14(21)9-17(15)22/h5-9,18H,3-4,10H2,1-2H3,(H,23,25)/t18-/m0/s1. The third-order valence-electron chi connectivity index (χ3n) is 4.35. The molecule has 0 unspecified atom stereocenters. The summed E-state index contributed by atoms with van der Waals surface area (Å²) < 4.78 is 32.4. The van der Waals surface area contributed by atoms with Crippen LogP contribution in [0.2, 0.25) is 0 Å². The van der Waals surface area contributed by atoms with Gasteiger partial charge in [0.05, 0.1) is 0 Å². The van der Waals surface area contributed by atoms with Gasteiger partial charge in [-0.15, -0.1) is 0 Å². The molecule has 0 aliphatic heterocycles. The van der Waals surface area contributed by atoms with Crippen molar-refractivity contribution in [2.75, 3.05) is 6.54 Å². The molecule has 1 amide bonds. The average molecular weight is 359 g/mol. The molecular weight excluding hydrogens is 340 g/mol. The predicted molar refractivity (Wildman–Crippen MR) is 91.8 cm³/mol. The van der Waals surface area contributed by atoms with Crippen molar-refractivity contribution >= 4 is 11.9 Å². The van der Waals surface area contributed by atoms with E-state index in [0.29, 0.717) is 29.5 Å². The molecule has 0 radical (unpaired) electrons. The third-order valence-corrected chi connectivity index (χ3v) is 4.35. The summed E-state index contributed by atoms with van der Waals surface area (Å²) in [5.41, 5.74) is 3.10. The summed E-state index contributed by atoms with van der Waals surface area (Å²) in [6, 6.07) is 7.42. The zero-order valence-electron chi connectivity index (χ0n) is 14.6. The Morgan fingerprint density at radius 3 is 2.50 bits per heavy atom. The molecule has 0 bridgehead atoms. The van der Waals surface area contributed by atoms with Gasteiger partial charge < -0.3 is 10.1 Å². The number of rotatable bonds is 4. The van der Waals surface area contributed by atoms with Crippen molar-refractivity contribution in [3.63, 3.8) is 0 Å². The molecule has 1 N–H and O–H groups in total. The van der Waals surface area contributed by atoms with Crippen LogP contribution in [-0.2, 0) is 16.0 Å². The maximum atomic E-state index is 13.7. The minimum atomic E-state index is -0.702. The van der Waals surface area contributed by atoms with Gasteiger partial charge in [0.15, 0.2) is 0 Å². The summed E-state index contributed by atoms with van der Waals surface area (Å²) >= 11 is 0. The van der Waals surface area contributed by atoms with Crippen molar-refractivity contribution in [3.05, 3.63) is 69.8 Å². The zero-order chi connectivity index (χ0) is 18.8. The normalized spacial score (nSPS) is 15.5. The summed E-state index contributed by atoms with van der Waals surface area (Å²) in [7, 11) is 0. The van der Waals surface area contributed by atoms with E-state index in [1.165, 1.54) is 6.07 Å². The van der Waals surface area contributed by atoms with Gasteiger partial charge in [-0.05, 0) is 50.5 Å². The van der Waals surface area contributed by atoms with E-state index in [1.54, 1.807) is 12.1 Å². The number of carbonyl (C=O) groups is 2. The van der Waals surface area contributed by atoms with Gasteiger partial charge in [0.25, 0.3) is 5.91 Å². The molecule has 0 saturated carbocycles. The van der Waals surface area contributed by atoms with Crippen LogP contribution in [0.25, 0.3) is 0 Å².